The third-order valence-corrected chi connectivity index (χ3v) is 5.92. The Bertz CT molecular complexity index is 785. The Hall–Kier alpha value is -2.21. The number of hydrogen-bond acceptors (Lipinski definition) is 5. The number of nitrogens with one attached hydrogen (secondary N) is 1. The molecule has 3 aliphatic heterocycles. The van der Waals surface area contributed by atoms with E-state index in [1.807, 2.05) is 6.92 Å². The van der Waals surface area contributed by atoms with Crippen molar-refractivity contribution in [3.8, 4) is 16.9 Å². The van der Waals surface area contributed by atoms with Gasteiger partial charge in [-0.25, -0.2) is 14.4 Å². The van der Waals surface area contributed by atoms with Crippen molar-refractivity contribution in [2.45, 2.75) is 38.8 Å². The van der Waals surface area contributed by atoms with Crippen LogP contribution < -0.4 is 10.1 Å². The van der Waals surface area contributed by atoms with E-state index in [4.69, 9.17) is 4.74 Å². The SMILES string of the molecule is COc1cc(-c2cnc(N[C@H]3C4CCN(CC4)[C@@H]3C)nc2)c(F)cc1C. The zero-order chi connectivity index (χ0) is 18.3. The summed E-state index contributed by atoms with van der Waals surface area (Å²) in [4.78, 5) is 11.4. The summed E-state index contributed by atoms with van der Waals surface area (Å²) < 4.78 is 19.6. The van der Waals surface area contributed by atoms with Gasteiger partial charge >= 0.3 is 0 Å². The second kappa shape index (κ2) is 6.83. The average Bonchev–Trinajstić information content (AvgIpc) is 2.66. The molecule has 2 atom stereocenters. The molecule has 0 aliphatic carbocycles. The standard InChI is InChI=1S/C20H25FN4O/c1-12-8-17(21)16(9-18(12)26-3)15-10-22-20(23-11-15)24-19-13(2)25-6-4-14(19)5-7-25/h8-11,13-14,19H,4-7H2,1-3H3,(H,22,23,24)/t13-,19-/m1/s1. The number of methoxy groups -OCH3 is 1. The number of piperidine rings is 3. The van der Waals surface area contributed by atoms with Crippen LogP contribution >= 0.6 is 0 Å². The van der Waals surface area contributed by atoms with Gasteiger partial charge in [0.2, 0.25) is 5.95 Å². The van der Waals surface area contributed by atoms with E-state index >= 15 is 0 Å². The molecule has 2 bridgehead atoms. The number of aryl methyl sites for hydroxylation is 1. The number of aromatic nitrogens is 2. The highest BCUT2D eigenvalue weighted by atomic mass is 19.1. The molecule has 5 rings (SSSR count). The van der Waals surface area contributed by atoms with Gasteiger partial charge in [-0.1, -0.05) is 0 Å². The van der Waals surface area contributed by atoms with Crippen LogP contribution in [0.25, 0.3) is 11.1 Å². The smallest absolute Gasteiger partial charge is 0.222 e. The van der Waals surface area contributed by atoms with Gasteiger partial charge in [0, 0.05) is 35.6 Å². The van der Waals surface area contributed by atoms with Crippen LogP contribution in [0.3, 0.4) is 0 Å². The number of benzene rings is 1. The largest absolute Gasteiger partial charge is 0.496 e. The Morgan fingerprint density at radius 1 is 1.19 bits per heavy atom. The van der Waals surface area contributed by atoms with E-state index in [1.54, 1.807) is 25.6 Å². The van der Waals surface area contributed by atoms with Gasteiger partial charge in [-0.2, -0.15) is 0 Å². The van der Waals surface area contributed by atoms with Gasteiger partial charge in [-0.3, -0.25) is 4.90 Å². The quantitative estimate of drug-likeness (QED) is 0.909. The lowest BCUT2D eigenvalue weighted by molar-refractivity contribution is 0.0455. The van der Waals surface area contributed by atoms with Gasteiger partial charge in [-0.05, 0) is 63.4 Å². The van der Waals surface area contributed by atoms with E-state index in [9.17, 15) is 4.39 Å². The lowest BCUT2D eigenvalue weighted by atomic mass is 9.79. The fraction of sp³-hybridized carbons (Fsp3) is 0.500. The molecule has 1 aromatic carbocycles. The molecule has 3 fully saturated rings. The maximum Gasteiger partial charge on any atom is 0.222 e. The molecule has 3 aliphatic rings. The summed E-state index contributed by atoms with van der Waals surface area (Å²) >= 11 is 0. The van der Waals surface area contributed by atoms with Crippen LogP contribution in [0.1, 0.15) is 25.3 Å². The predicted octanol–water partition coefficient (Wildman–Crippen LogP) is 3.49. The molecule has 0 saturated carbocycles. The first kappa shape index (κ1) is 17.2. The molecule has 2 aromatic rings. The lowest BCUT2D eigenvalue weighted by Gasteiger charge is -2.49. The molecule has 6 heteroatoms. The molecule has 26 heavy (non-hydrogen) atoms. The first-order valence-corrected chi connectivity index (χ1v) is 9.24. The van der Waals surface area contributed by atoms with Crippen molar-refractivity contribution in [2.75, 3.05) is 25.5 Å². The van der Waals surface area contributed by atoms with Gasteiger partial charge in [0.05, 0.1) is 7.11 Å². The molecule has 138 valence electrons. The minimum atomic E-state index is -0.293. The summed E-state index contributed by atoms with van der Waals surface area (Å²) in [5, 5.41) is 3.50. The number of rotatable bonds is 4. The fourth-order valence-electron chi connectivity index (χ4n) is 4.33. The van der Waals surface area contributed by atoms with Crippen molar-refractivity contribution < 1.29 is 9.13 Å². The van der Waals surface area contributed by atoms with Gasteiger partial charge in [0.1, 0.15) is 11.6 Å². The summed E-state index contributed by atoms with van der Waals surface area (Å²) in [5.41, 5.74) is 1.87. The van der Waals surface area contributed by atoms with E-state index in [-0.39, 0.29) is 5.82 Å². The topological polar surface area (TPSA) is 50.3 Å². The van der Waals surface area contributed by atoms with Gasteiger partial charge in [0.25, 0.3) is 0 Å². The molecular weight excluding hydrogens is 331 g/mol. The summed E-state index contributed by atoms with van der Waals surface area (Å²) in [7, 11) is 1.59. The van der Waals surface area contributed by atoms with E-state index in [0.29, 0.717) is 40.8 Å². The Balaban J connectivity index is 1.54. The number of anilines is 1. The average molecular weight is 356 g/mol. The number of fused-ring (bicyclic) bond motifs is 3. The van der Waals surface area contributed by atoms with Crippen molar-refractivity contribution in [3.05, 3.63) is 35.9 Å². The van der Waals surface area contributed by atoms with Crippen LogP contribution in [0.2, 0.25) is 0 Å². The third-order valence-electron chi connectivity index (χ3n) is 5.92. The minimum Gasteiger partial charge on any atom is -0.496 e. The van der Waals surface area contributed by atoms with Crippen molar-refractivity contribution >= 4 is 5.95 Å². The molecule has 1 aromatic heterocycles. The summed E-state index contributed by atoms with van der Waals surface area (Å²) in [6, 6.07) is 4.05. The van der Waals surface area contributed by atoms with Crippen molar-refractivity contribution in [1.29, 1.82) is 0 Å². The molecule has 1 N–H and O–H groups in total. The summed E-state index contributed by atoms with van der Waals surface area (Å²) in [6.07, 6.45) is 5.81. The highest BCUT2D eigenvalue weighted by molar-refractivity contribution is 5.65. The number of hydrogen-bond donors (Lipinski definition) is 1. The van der Waals surface area contributed by atoms with Gasteiger partial charge in [-0.15, -0.1) is 0 Å². The third kappa shape index (κ3) is 3.03. The lowest BCUT2D eigenvalue weighted by Crippen LogP contribution is -2.59. The van der Waals surface area contributed by atoms with E-state index in [2.05, 4.69) is 27.1 Å². The molecular formula is C20H25FN4O. The Labute approximate surface area is 153 Å². The molecule has 0 spiro atoms. The zero-order valence-electron chi connectivity index (χ0n) is 15.5. The zero-order valence-corrected chi connectivity index (χ0v) is 15.5. The number of halogens is 1. The van der Waals surface area contributed by atoms with E-state index < -0.39 is 0 Å². The molecule has 0 radical (unpaired) electrons. The Kier molecular flexibility index (Phi) is 4.53. The summed E-state index contributed by atoms with van der Waals surface area (Å²) in [6.45, 7) is 6.48. The molecule has 3 saturated heterocycles. The van der Waals surface area contributed by atoms with Crippen LogP contribution in [0.5, 0.6) is 5.75 Å². The van der Waals surface area contributed by atoms with Crippen LogP contribution in [0, 0.1) is 18.7 Å². The first-order valence-electron chi connectivity index (χ1n) is 9.24. The highest BCUT2D eigenvalue weighted by Crippen LogP contribution is 2.34. The van der Waals surface area contributed by atoms with Crippen LogP contribution in [-0.4, -0.2) is 47.2 Å². The first-order chi connectivity index (χ1) is 12.6. The highest BCUT2D eigenvalue weighted by Gasteiger charge is 2.39. The minimum absolute atomic E-state index is 0.293. The molecule has 0 unspecified atom stereocenters. The second-order valence-corrected chi connectivity index (χ2v) is 7.38. The molecule has 4 heterocycles. The van der Waals surface area contributed by atoms with E-state index in [1.165, 1.54) is 32.0 Å². The molecule has 5 nitrogen and oxygen atoms in total. The van der Waals surface area contributed by atoms with Gasteiger partial charge in [0.15, 0.2) is 0 Å². The summed E-state index contributed by atoms with van der Waals surface area (Å²) in [5.74, 6) is 1.65. The van der Waals surface area contributed by atoms with Crippen molar-refractivity contribution in [1.82, 2.24) is 14.9 Å². The monoisotopic (exact) mass is 356 g/mol. The number of nitrogens with zero attached hydrogens (tertiary/aromatic N) is 3. The maximum atomic E-state index is 14.3. The maximum absolute atomic E-state index is 14.3. The van der Waals surface area contributed by atoms with Gasteiger partial charge < -0.3 is 10.1 Å². The second-order valence-electron chi connectivity index (χ2n) is 7.38. The fourth-order valence-corrected chi connectivity index (χ4v) is 4.33. The van der Waals surface area contributed by atoms with Crippen molar-refractivity contribution in [2.24, 2.45) is 5.92 Å². The van der Waals surface area contributed by atoms with Crippen LogP contribution in [0.15, 0.2) is 24.5 Å². The Morgan fingerprint density at radius 3 is 2.50 bits per heavy atom. The normalized spacial score (nSPS) is 27.4. The van der Waals surface area contributed by atoms with E-state index in [0.717, 1.165) is 5.56 Å². The predicted molar refractivity (Wildman–Crippen MR) is 99.9 cm³/mol. The van der Waals surface area contributed by atoms with Crippen LogP contribution in [0.4, 0.5) is 10.3 Å². The number of ether oxygens (including phenoxy) is 1. The molecule has 0 amide bonds. The van der Waals surface area contributed by atoms with Crippen molar-refractivity contribution in [3.63, 3.8) is 0 Å². The Morgan fingerprint density at radius 2 is 1.88 bits per heavy atom. The van der Waals surface area contributed by atoms with Crippen LogP contribution in [-0.2, 0) is 0 Å².